The van der Waals surface area contributed by atoms with Gasteiger partial charge in [0.1, 0.15) is 0 Å². The smallest absolute Gasteiger partial charge is 0 e. The topological polar surface area (TPSA) is 0 Å². The molecule has 2 unspecified atom stereocenters. The van der Waals surface area contributed by atoms with Gasteiger partial charge in [0.05, 0.1) is 0 Å². The normalized spacial score (nSPS) is 31.8. The largest absolute Gasteiger partial charge is 0.342 e. The molecule has 0 N–H and O–H groups in total. The molecule has 1 rings (SSSR count). The van der Waals surface area contributed by atoms with Crippen LogP contribution in [0.5, 0.6) is 0 Å². The van der Waals surface area contributed by atoms with E-state index in [1.165, 1.54) is 25.7 Å². The van der Waals surface area contributed by atoms with Crippen molar-refractivity contribution in [1.29, 1.82) is 0 Å². The second-order valence-electron chi connectivity index (χ2n) is 2.80. The number of hydrogen-bond donors (Lipinski definition) is 0. The molecule has 0 amide bonds. The van der Waals surface area contributed by atoms with Crippen molar-refractivity contribution in [2.24, 2.45) is 11.8 Å². The average Bonchev–Trinajstić information content (AvgIpc) is 1.77. The Morgan fingerprint density at radius 2 is 1.20 bits per heavy atom. The van der Waals surface area contributed by atoms with E-state index in [4.69, 9.17) is 0 Å². The van der Waals surface area contributed by atoms with Gasteiger partial charge in [-0.05, 0) is 0 Å². The number of rotatable bonds is 0. The van der Waals surface area contributed by atoms with E-state index in [2.05, 4.69) is 13.8 Å². The quantitative estimate of drug-likeness (QED) is 0.592. The predicted octanol–water partition coefficient (Wildman–Crippen LogP) is 2.46. The van der Waals surface area contributed by atoms with Gasteiger partial charge in [-0.15, -0.1) is 0 Å². The molecule has 0 bridgehead atoms. The molecule has 59 valence electrons. The van der Waals surface area contributed by atoms with Gasteiger partial charge in [0.15, 0.2) is 0 Å². The zero-order valence-electron chi connectivity index (χ0n) is 6.25. The summed E-state index contributed by atoms with van der Waals surface area (Å²) in [5.74, 6) is 1.28. The van der Waals surface area contributed by atoms with Crippen molar-refractivity contribution in [2.75, 3.05) is 0 Å². The average molecular weight is 345 g/mol. The molecule has 0 aromatic rings. The van der Waals surface area contributed by atoms with Gasteiger partial charge in [-0.1, -0.05) is 25.7 Å². The summed E-state index contributed by atoms with van der Waals surface area (Å²) in [6.45, 7) is 8.03. The fourth-order valence-electron chi connectivity index (χ4n) is 1.28. The Balaban J connectivity index is 0. The van der Waals surface area contributed by atoms with E-state index in [9.17, 15) is 0 Å². The minimum absolute atomic E-state index is 0. The minimum Gasteiger partial charge on any atom is -0.342 e. The van der Waals surface area contributed by atoms with Crippen LogP contribution >= 0.6 is 0 Å². The third-order valence-electron chi connectivity index (χ3n) is 2.07. The van der Waals surface area contributed by atoms with Crippen molar-refractivity contribution in [2.45, 2.75) is 25.7 Å². The summed E-state index contributed by atoms with van der Waals surface area (Å²) < 4.78 is 0. The monoisotopic (exact) mass is 345 g/mol. The maximum Gasteiger partial charge on any atom is 0 e. The second-order valence-corrected chi connectivity index (χ2v) is 2.80. The van der Waals surface area contributed by atoms with Crippen LogP contribution < -0.4 is 0 Å². The Kier molecular flexibility index (Phi) is 9.62. The molecule has 0 saturated heterocycles. The molecular formula is C8H14VW-2. The molecule has 0 spiro atoms. The summed E-state index contributed by atoms with van der Waals surface area (Å²) in [5, 5.41) is 0. The first-order chi connectivity index (χ1) is 3.80. The third kappa shape index (κ3) is 4.21. The van der Waals surface area contributed by atoms with Crippen molar-refractivity contribution >= 4 is 0 Å². The molecule has 0 aromatic carbocycles. The van der Waals surface area contributed by atoms with Crippen molar-refractivity contribution in [1.82, 2.24) is 0 Å². The third-order valence-corrected chi connectivity index (χ3v) is 2.07. The van der Waals surface area contributed by atoms with Gasteiger partial charge < -0.3 is 13.8 Å². The maximum absolute atomic E-state index is 4.02. The summed E-state index contributed by atoms with van der Waals surface area (Å²) in [5.41, 5.74) is 0. The molecule has 1 radical (unpaired) electrons. The van der Waals surface area contributed by atoms with Crippen LogP contribution in [0.4, 0.5) is 0 Å². The Bertz CT molecular complexity index is 65.7. The van der Waals surface area contributed by atoms with Crippen LogP contribution in [0.15, 0.2) is 0 Å². The molecule has 0 aromatic heterocycles. The molecule has 2 heteroatoms. The Labute approximate surface area is 90.7 Å². The van der Waals surface area contributed by atoms with E-state index in [1.807, 2.05) is 0 Å². The maximum atomic E-state index is 4.02. The van der Waals surface area contributed by atoms with Crippen LogP contribution in [0.2, 0.25) is 0 Å². The van der Waals surface area contributed by atoms with Gasteiger partial charge in [-0.2, -0.15) is 11.8 Å². The van der Waals surface area contributed by atoms with Gasteiger partial charge in [0, 0.05) is 39.6 Å². The zero-order chi connectivity index (χ0) is 5.98. The molecule has 0 heterocycles. The molecule has 0 nitrogen and oxygen atoms in total. The molecule has 0 aliphatic heterocycles. The van der Waals surface area contributed by atoms with Gasteiger partial charge >= 0.3 is 0 Å². The standard InChI is InChI=1S/C8H14.V.W/c1-7-5-3-4-6-8(7)2;;/h7-8H,1-6H2;;/q-2;;. The molecule has 1 fully saturated rings. The van der Waals surface area contributed by atoms with Crippen molar-refractivity contribution in [3.63, 3.8) is 0 Å². The molecule has 10 heavy (non-hydrogen) atoms. The molecular weight excluding hydrogens is 331 g/mol. The first-order valence-electron chi connectivity index (χ1n) is 3.47. The van der Waals surface area contributed by atoms with E-state index >= 15 is 0 Å². The van der Waals surface area contributed by atoms with Crippen LogP contribution in [-0.2, 0) is 39.6 Å². The fourth-order valence-corrected chi connectivity index (χ4v) is 1.28. The molecule has 1 saturated carbocycles. The van der Waals surface area contributed by atoms with Crippen LogP contribution in [0.1, 0.15) is 25.7 Å². The van der Waals surface area contributed by atoms with E-state index in [0.29, 0.717) is 11.8 Å². The van der Waals surface area contributed by atoms with Gasteiger partial charge in [-0.25, -0.2) is 0 Å². The second kappa shape index (κ2) is 6.95. The Morgan fingerprint density at radius 3 is 1.40 bits per heavy atom. The molecule has 2 atom stereocenters. The molecule has 1 aliphatic carbocycles. The summed E-state index contributed by atoms with van der Waals surface area (Å²) in [6, 6.07) is 0. The summed E-state index contributed by atoms with van der Waals surface area (Å²) in [7, 11) is 0. The predicted molar refractivity (Wildman–Crippen MR) is 36.2 cm³/mol. The Morgan fingerprint density at radius 1 is 0.900 bits per heavy atom. The Hall–Kier alpha value is 1.27. The van der Waals surface area contributed by atoms with Gasteiger partial charge in [0.2, 0.25) is 0 Å². The van der Waals surface area contributed by atoms with Crippen LogP contribution in [-0.4, -0.2) is 0 Å². The van der Waals surface area contributed by atoms with Gasteiger partial charge in [0.25, 0.3) is 0 Å². The minimum atomic E-state index is 0. The summed E-state index contributed by atoms with van der Waals surface area (Å²) in [6.07, 6.45) is 5.35. The van der Waals surface area contributed by atoms with Gasteiger partial charge in [-0.3, -0.25) is 0 Å². The van der Waals surface area contributed by atoms with Crippen molar-refractivity contribution in [3.05, 3.63) is 13.8 Å². The van der Waals surface area contributed by atoms with E-state index in [0.717, 1.165) is 0 Å². The number of hydrogen-bond acceptors (Lipinski definition) is 0. The van der Waals surface area contributed by atoms with E-state index in [1.54, 1.807) is 0 Å². The first kappa shape index (κ1) is 13.8. The zero-order valence-corrected chi connectivity index (χ0v) is 10.6. The SMILES string of the molecule is [CH2-]C1CCCCC1[CH2-].[V].[W]. The summed E-state index contributed by atoms with van der Waals surface area (Å²) in [4.78, 5) is 0. The van der Waals surface area contributed by atoms with Crippen LogP contribution in [0.25, 0.3) is 0 Å². The van der Waals surface area contributed by atoms with Crippen molar-refractivity contribution < 1.29 is 39.6 Å². The van der Waals surface area contributed by atoms with Crippen LogP contribution in [0, 0.1) is 25.7 Å². The van der Waals surface area contributed by atoms with E-state index in [-0.39, 0.29) is 39.6 Å². The molecule has 1 aliphatic rings. The fraction of sp³-hybridized carbons (Fsp3) is 0.750. The first-order valence-corrected chi connectivity index (χ1v) is 3.47. The van der Waals surface area contributed by atoms with E-state index < -0.39 is 0 Å². The van der Waals surface area contributed by atoms with Crippen molar-refractivity contribution in [3.8, 4) is 0 Å². The van der Waals surface area contributed by atoms with Crippen LogP contribution in [0.3, 0.4) is 0 Å². The summed E-state index contributed by atoms with van der Waals surface area (Å²) >= 11 is 0.